The first kappa shape index (κ1) is 15.2. The van der Waals surface area contributed by atoms with Gasteiger partial charge in [0.1, 0.15) is 15.7 Å². The minimum atomic E-state index is -2.92. The summed E-state index contributed by atoms with van der Waals surface area (Å²) in [5.41, 5.74) is 3.14. The molecule has 0 spiro atoms. The van der Waals surface area contributed by atoms with E-state index in [-0.39, 0.29) is 11.6 Å². The Balaban J connectivity index is 1.75. The van der Waals surface area contributed by atoms with Crippen LogP contribution < -0.4 is 0 Å². The maximum Gasteiger partial charge on any atom is 0.148 e. The second kappa shape index (κ2) is 5.85. The molecule has 6 heteroatoms. The van der Waals surface area contributed by atoms with Gasteiger partial charge in [-0.1, -0.05) is 6.08 Å². The van der Waals surface area contributed by atoms with Gasteiger partial charge in [0.15, 0.2) is 0 Å². The van der Waals surface area contributed by atoms with Crippen LogP contribution in [0.15, 0.2) is 30.5 Å². The average molecular weight is 322 g/mol. The molecule has 0 bridgehead atoms. The lowest BCUT2D eigenvalue weighted by Crippen LogP contribution is -2.32. The molecule has 0 amide bonds. The molecular formula is C16H19FN2O2S. The lowest BCUT2D eigenvalue weighted by atomic mass is 9.99. The van der Waals surface area contributed by atoms with Gasteiger partial charge in [-0.2, -0.15) is 0 Å². The van der Waals surface area contributed by atoms with Gasteiger partial charge in [0.2, 0.25) is 0 Å². The Morgan fingerprint density at radius 2 is 2.18 bits per heavy atom. The average Bonchev–Trinajstić information content (AvgIpc) is 2.88. The van der Waals surface area contributed by atoms with Crippen molar-refractivity contribution in [2.24, 2.45) is 0 Å². The number of hydrogen-bond acceptors (Lipinski definition) is 3. The Hall–Kier alpha value is -1.66. The number of nitrogens with one attached hydrogen (secondary N) is 1. The van der Waals surface area contributed by atoms with Crippen molar-refractivity contribution in [1.29, 1.82) is 0 Å². The predicted octanol–water partition coefficient (Wildman–Crippen LogP) is 2.44. The summed E-state index contributed by atoms with van der Waals surface area (Å²) in [6.07, 6.45) is 6.19. The summed E-state index contributed by atoms with van der Waals surface area (Å²) in [5.74, 6) is -0.0480. The third kappa shape index (κ3) is 3.39. The van der Waals surface area contributed by atoms with Crippen LogP contribution in [0.25, 0.3) is 16.5 Å². The Morgan fingerprint density at radius 1 is 1.36 bits per heavy atom. The van der Waals surface area contributed by atoms with Crippen LogP contribution >= 0.6 is 0 Å². The molecule has 0 atom stereocenters. The molecule has 1 aromatic carbocycles. The number of fused-ring (bicyclic) bond motifs is 1. The number of H-pyrrole nitrogens is 1. The van der Waals surface area contributed by atoms with Crippen molar-refractivity contribution in [2.75, 3.05) is 31.6 Å². The lowest BCUT2D eigenvalue weighted by molar-refractivity contribution is 0.319. The molecular weight excluding hydrogens is 303 g/mol. The highest BCUT2D eigenvalue weighted by Crippen LogP contribution is 2.29. The van der Waals surface area contributed by atoms with Gasteiger partial charge in [0.05, 0.1) is 5.75 Å². The Bertz CT molecular complexity index is 824. The van der Waals surface area contributed by atoms with E-state index < -0.39 is 9.84 Å². The first-order valence-electron chi connectivity index (χ1n) is 7.28. The van der Waals surface area contributed by atoms with Gasteiger partial charge in [-0.05, 0) is 30.2 Å². The quantitative estimate of drug-likeness (QED) is 0.941. The van der Waals surface area contributed by atoms with Crippen LogP contribution in [0.2, 0.25) is 0 Å². The molecule has 0 radical (unpaired) electrons. The predicted molar refractivity (Wildman–Crippen MR) is 87.0 cm³/mol. The first-order chi connectivity index (χ1) is 10.4. The maximum atomic E-state index is 13.2. The van der Waals surface area contributed by atoms with Gasteiger partial charge in [0, 0.05) is 48.6 Å². The zero-order chi connectivity index (χ0) is 15.7. The van der Waals surface area contributed by atoms with E-state index in [0.717, 1.165) is 36.0 Å². The SMILES string of the molecule is CS(=O)(=O)CCN1CC=C(c2c[nH]c3cc(F)ccc23)CC1. The standard InChI is InChI=1S/C16H19FN2O2S/c1-22(20,21)9-8-19-6-4-12(5-7-19)15-11-18-16-10-13(17)2-3-14(15)16/h2-4,10-11,18H,5-9H2,1H3. The van der Waals surface area contributed by atoms with Crippen LogP contribution in [0.4, 0.5) is 4.39 Å². The Kier molecular flexibility index (Phi) is 4.06. The molecule has 0 saturated heterocycles. The number of sulfone groups is 1. The van der Waals surface area contributed by atoms with Crippen LogP contribution in [0.1, 0.15) is 12.0 Å². The minimum Gasteiger partial charge on any atom is -0.360 e. The number of halogens is 1. The largest absolute Gasteiger partial charge is 0.360 e. The summed E-state index contributed by atoms with van der Waals surface area (Å²) in [7, 11) is -2.92. The van der Waals surface area contributed by atoms with Gasteiger partial charge in [-0.3, -0.25) is 4.90 Å². The highest BCUT2D eigenvalue weighted by molar-refractivity contribution is 7.90. The molecule has 2 aromatic rings. The van der Waals surface area contributed by atoms with E-state index in [1.165, 1.54) is 24.0 Å². The fraction of sp³-hybridized carbons (Fsp3) is 0.375. The highest BCUT2D eigenvalue weighted by Gasteiger charge is 2.16. The fourth-order valence-electron chi connectivity index (χ4n) is 2.82. The van der Waals surface area contributed by atoms with E-state index in [4.69, 9.17) is 0 Å². The van der Waals surface area contributed by atoms with Crippen molar-refractivity contribution in [3.05, 3.63) is 41.9 Å². The number of aromatic nitrogens is 1. The van der Waals surface area contributed by atoms with Crippen molar-refractivity contribution in [2.45, 2.75) is 6.42 Å². The molecule has 1 N–H and O–H groups in total. The van der Waals surface area contributed by atoms with Crippen molar-refractivity contribution in [3.8, 4) is 0 Å². The van der Waals surface area contributed by atoms with E-state index >= 15 is 0 Å². The normalized spacial score (nSPS) is 16.9. The molecule has 4 nitrogen and oxygen atoms in total. The van der Waals surface area contributed by atoms with Gasteiger partial charge >= 0.3 is 0 Å². The molecule has 0 saturated carbocycles. The molecule has 3 rings (SSSR count). The van der Waals surface area contributed by atoms with E-state index in [2.05, 4.69) is 16.0 Å². The smallest absolute Gasteiger partial charge is 0.148 e. The van der Waals surface area contributed by atoms with Gasteiger partial charge in [-0.15, -0.1) is 0 Å². The summed E-state index contributed by atoms with van der Waals surface area (Å²) < 4.78 is 35.7. The van der Waals surface area contributed by atoms with Crippen LogP contribution in [-0.2, 0) is 9.84 Å². The van der Waals surface area contributed by atoms with E-state index in [9.17, 15) is 12.8 Å². The van der Waals surface area contributed by atoms with Crippen molar-refractivity contribution in [3.63, 3.8) is 0 Å². The summed E-state index contributed by atoms with van der Waals surface area (Å²) in [5, 5.41) is 1.03. The minimum absolute atomic E-state index is 0.197. The van der Waals surface area contributed by atoms with Gasteiger partial charge in [-0.25, -0.2) is 12.8 Å². The maximum absolute atomic E-state index is 13.2. The first-order valence-corrected chi connectivity index (χ1v) is 9.34. The zero-order valence-electron chi connectivity index (χ0n) is 12.5. The topological polar surface area (TPSA) is 53.2 Å². The Morgan fingerprint density at radius 3 is 2.86 bits per heavy atom. The third-order valence-electron chi connectivity index (χ3n) is 4.06. The molecule has 2 heterocycles. The number of nitrogens with zero attached hydrogens (tertiary/aromatic N) is 1. The number of aromatic amines is 1. The summed E-state index contributed by atoms with van der Waals surface area (Å²) in [4.78, 5) is 5.25. The van der Waals surface area contributed by atoms with Gasteiger partial charge < -0.3 is 4.98 Å². The summed E-state index contributed by atoms with van der Waals surface area (Å²) in [6, 6.07) is 4.77. The molecule has 118 valence electrons. The van der Waals surface area contributed by atoms with Crippen LogP contribution in [0, 0.1) is 5.82 Å². The number of rotatable bonds is 4. The molecule has 0 aliphatic carbocycles. The number of benzene rings is 1. The molecule has 0 fully saturated rings. The molecule has 1 aliphatic rings. The molecule has 1 aliphatic heterocycles. The summed E-state index contributed by atoms with van der Waals surface area (Å²) >= 11 is 0. The molecule has 1 aromatic heterocycles. The summed E-state index contributed by atoms with van der Waals surface area (Å²) in [6.45, 7) is 2.16. The lowest BCUT2D eigenvalue weighted by Gasteiger charge is -2.25. The van der Waals surface area contributed by atoms with Gasteiger partial charge in [0.25, 0.3) is 0 Å². The van der Waals surface area contributed by atoms with E-state index in [0.29, 0.717) is 6.54 Å². The second-order valence-electron chi connectivity index (χ2n) is 5.80. The molecule has 0 unspecified atom stereocenters. The van der Waals surface area contributed by atoms with Crippen LogP contribution in [0.5, 0.6) is 0 Å². The van der Waals surface area contributed by atoms with E-state index in [1.54, 1.807) is 6.07 Å². The van der Waals surface area contributed by atoms with Crippen molar-refractivity contribution >= 4 is 26.3 Å². The molecule has 22 heavy (non-hydrogen) atoms. The van der Waals surface area contributed by atoms with Crippen molar-refractivity contribution < 1.29 is 12.8 Å². The third-order valence-corrected chi connectivity index (χ3v) is 4.99. The Labute approximate surface area is 129 Å². The fourth-order valence-corrected chi connectivity index (χ4v) is 3.41. The monoisotopic (exact) mass is 322 g/mol. The highest BCUT2D eigenvalue weighted by atomic mass is 32.2. The van der Waals surface area contributed by atoms with Crippen molar-refractivity contribution in [1.82, 2.24) is 9.88 Å². The second-order valence-corrected chi connectivity index (χ2v) is 8.06. The number of hydrogen-bond donors (Lipinski definition) is 1. The van der Waals surface area contributed by atoms with Crippen LogP contribution in [-0.4, -0.2) is 49.9 Å². The van der Waals surface area contributed by atoms with Crippen LogP contribution in [0.3, 0.4) is 0 Å². The zero-order valence-corrected chi connectivity index (χ0v) is 13.3. The van der Waals surface area contributed by atoms with E-state index in [1.807, 2.05) is 6.20 Å².